The Morgan fingerprint density at radius 2 is 1.91 bits per heavy atom. The number of benzene rings is 2. The van der Waals surface area contributed by atoms with Gasteiger partial charge >= 0.3 is 5.97 Å². The summed E-state index contributed by atoms with van der Waals surface area (Å²) in [5, 5.41) is 21.3. The molecule has 0 radical (unpaired) electrons. The third kappa shape index (κ3) is 5.16. The molecule has 35 heavy (non-hydrogen) atoms. The van der Waals surface area contributed by atoms with Crippen LogP contribution in [-0.4, -0.2) is 32.0 Å². The molecule has 5 aromatic rings. The fraction of sp³-hybridized carbons (Fsp3) is 0.286. The Hall–Kier alpha value is -3.42. The number of aryl methyl sites for hydroxylation is 2. The number of nitrogens with one attached hydrogen (secondary N) is 1. The molecule has 2 aromatic carbocycles. The maximum atomic E-state index is 11.0. The lowest BCUT2D eigenvalue weighted by Crippen LogP contribution is -2.19. The van der Waals surface area contributed by atoms with Gasteiger partial charge in [-0.2, -0.15) is 5.10 Å². The molecule has 182 valence electrons. The van der Waals surface area contributed by atoms with Gasteiger partial charge in [0, 0.05) is 52.5 Å². The molecule has 0 atom stereocenters. The van der Waals surface area contributed by atoms with E-state index >= 15 is 0 Å². The van der Waals surface area contributed by atoms with Crippen LogP contribution in [0.25, 0.3) is 32.2 Å². The highest BCUT2D eigenvalue weighted by Gasteiger charge is 2.12. The lowest BCUT2D eigenvalue weighted by Gasteiger charge is -2.07. The maximum Gasteiger partial charge on any atom is 0.338 e. The van der Waals surface area contributed by atoms with Gasteiger partial charge in [-0.05, 0) is 60.2 Å². The summed E-state index contributed by atoms with van der Waals surface area (Å²) in [7, 11) is 0. The first-order valence-electron chi connectivity index (χ1n) is 12.1. The van der Waals surface area contributed by atoms with Crippen molar-refractivity contribution in [2.45, 2.75) is 47.3 Å². The normalized spacial score (nSPS) is 11.1. The second-order valence-corrected chi connectivity index (χ2v) is 9.20. The number of hydrogen-bond donors (Lipinski definition) is 2. The molecule has 0 aliphatic carbocycles. The van der Waals surface area contributed by atoms with Crippen molar-refractivity contribution in [3.8, 4) is 10.4 Å². The van der Waals surface area contributed by atoms with Gasteiger partial charge in [0.05, 0.1) is 18.3 Å². The lowest BCUT2D eigenvalue weighted by atomic mass is 10.1. The van der Waals surface area contributed by atoms with Crippen LogP contribution in [-0.2, 0) is 19.6 Å². The molecule has 2 N–H and O–H groups in total. The van der Waals surface area contributed by atoms with Gasteiger partial charge < -0.3 is 15.0 Å². The SMILES string of the molecule is CC.CCn1c2ccc(CNCCn3cc(C(=O)O)cn3)cc2c2ccc(-c3cc(C)cs3)cc21. The number of thiophene rings is 1. The fourth-order valence-electron chi connectivity index (χ4n) is 4.36. The van der Waals surface area contributed by atoms with Crippen molar-refractivity contribution >= 4 is 39.1 Å². The Labute approximate surface area is 209 Å². The fourth-order valence-corrected chi connectivity index (χ4v) is 5.25. The van der Waals surface area contributed by atoms with E-state index in [1.165, 1.54) is 49.6 Å². The topological polar surface area (TPSA) is 72.1 Å². The molecule has 0 amide bonds. The molecule has 5 rings (SSSR count). The minimum absolute atomic E-state index is 0.213. The predicted octanol–water partition coefficient (Wildman–Crippen LogP) is 6.56. The Balaban J connectivity index is 0.00000141. The monoisotopic (exact) mass is 488 g/mol. The molecule has 3 aromatic heterocycles. The molecule has 6 nitrogen and oxygen atoms in total. The molecule has 0 saturated heterocycles. The second-order valence-electron chi connectivity index (χ2n) is 8.29. The van der Waals surface area contributed by atoms with Crippen LogP contribution in [0.2, 0.25) is 0 Å². The summed E-state index contributed by atoms with van der Waals surface area (Å²) in [5.74, 6) is -0.952. The van der Waals surface area contributed by atoms with Crippen molar-refractivity contribution in [1.29, 1.82) is 0 Å². The first-order valence-corrected chi connectivity index (χ1v) is 13.0. The number of carboxylic acids is 1. The number of hydrogen-bond acceptors (Lipinski definition) is 4. The Bertz CT molecular complexity index is 1460. The Morgan fingerprint density at radius 1 is 1.09 bits per heavy atom. The average Bonchev–Trinajstić information content (AvgIpc) is 3.60. The summed E-state index contributed by atoms with van der Waals surface area (Å²) < 4.78 is 4.05. The van der Waals surface area contributed by atoms with E-state index in [2.05, 4.69) is 76.7 Å². The van der Waals surface area contributed by atoms with Gasteiger partial charge in [0.15, 0.2) is 0 Å². The summed E-state index contributed by atoms with van der Waals surface area (Å²) in [5.41, 5.74) is 6.54. The highest BCUT2D eigenvalue weighted by atomic mass is 32.1. The standard InChI is InChI=1S/C26H26N4O2S.C2H6/c1-3-30-23-7-4-18(13-27-8-9-29-15-20(14-28-29)26(31)32)11-22(23)21-6-5-19(12-24(21)30)25-10-17(2)16-33-25;1-2/h4-7,10-12,14-16,27H,3,8-9,13H2,1-2H3,(H,31,32);1-2H3. The van der Waals surface area contributed by atoms with Crippen molar-refractivity contribution in [3.05, 3.63) is 76.9 Å². The van der Waals surface area contributed by atoms with E-state index in [4.69, 9.17) is 5.11 Å². The van der Waals surface area contributed by atoms with Gasteiger partial charge in [0.1, 0.15) is 0 Å². The van der Waals surface area contributed by atoms with Crippen LogP contribution in [0.1, 0.15) is 42.3 Å². The van der Waals surface area contributed by atoms with Crippen LogP contribution in [0, 0.1) is 6.92 Å². The molecule has 0 aliphatic heterocycles. The largest absolute Gasteiger partial charge is 0.478 e. The van der Waals surface area contributed by atoms with Crippen LogP contribution >= 0.6 is 11.3 Å². The van der Waals surface area contributed by atoms with Crippen LogP contribution in [0.15, 0.2) is 60.2 Å². The first-order chi connectivity index (χ1) is 17.0. The quantitative estimate of drug-likeness (QED) is 0.243. The van der Waals surface area contributed by atoms with Crippen LogP contribution < -0.4 is 5.32 Å². The number of fused-ring (bicyclic) bond motifs is 3. The molecule has 0 saturated carbocycles. The molecular weight excluding hydrogens is 456 g/mol. The van der Waals surface area contributed by atoms with E-state index in [0.29, 0.717) is 13.1 Å². The van der Waals surface area contributed by atoms with Gasteiger partial charge in [0.2, 0.25) is 0 Å². The highest BCUT2D eigenvalue weighted by Crippen LogP contribution is 2.35. The summed E-state index contributed by atoms with van der Waals surface area (Å²) in [6, 6.07) is 15.7. The molecule has 0 aliphatic rings. The Morgan fingerprint density at radius 3 is 2.60 bits per heavy atom. The van der Waals surface area contributed by atoms with E-state index in [-0.39, 0.29) is 5.56 Å². The third-order valence-electron chi connectivity index (χ3n) is 5.99. The number of carboxylic acid groups (broad SMARTS) is 1. The van der Waals surface area contributed by atoms with Gasteiger partial charge in [-0.15, -0.1) is 11.3 Å². The van der Waals surface area contributed by atoms with Crippen molar-refractivity contribution in [2.75, 3.05) is 6.54 Å². The minimum atomic E-state index is -0.952. The zero-order chi connectivity index (χ0) is 24.9. The van der Waals surface area contributed by atoms with E-state index < -0.39 is 5.97 Å². The van der Waals surface area contributed by atoms with E-state index in [9.17, 15) is 4.79 Å². The first kappa shape index (κ1) is 24.7. The van der Waals surface area contributed by atoms with Crippen molar-refractivity contribution in [2.24, 2.45) is 0 Å². The third-order valence-corrected chi connectivity index (χ3v) is 7.09. The minimum Gasteiger partial charge on any atom is -0.478 e. The summed E-state index contributed by atoms with van der Waals surface area (Å²) in [6.45, 7) is 11.3. The summed E-state index contributed by atoms with van der Waals surface area (Å²) in [4.78, 5) is 12.3. The van der Waals surface area contributed by atoms with Crippen LogP contribution in [0.3, 0.4) is 0 Å². The molecule has 0 unspecified atom stereocenters. The van der Waals surface area contributed by atoms with Crippen LogP contribution in [0.5, 0.6) is 0 Å². The summed E-state index contributed by atoms with van der Waals surface area (Å²) >= 11 is 1.79. The zero-order valence-corrected chi connectivity index (χ0v) is 21.5. The Kier molecular flexibility index (Phi) is 7.68. The van der Waals surface area contributed by atoms with Gasteiger partial charge in [-0.1, -0.05) is 32.0 Å². The molecule has 3 heterocycles. The number of carbonyl (C=O) groups is 1. The van der Waals surface area contributed by atoms with E-state index in [1.807, 2.05) is 13.8 Å². The molecule has 0 spiro atoms. The van der Waals surface area contributed by atoms with E-state index in [0.717, 1.165) is 13.1 Å². The number of aromatic carboxylic acids is 1. The van der Waals surface area contributed by atoms with Gasteiger partial charge in [-0.25, -0.2) is 4.79 Å². The molecular formula is C28H32N4O2S. The van der Waals surface area contributed by atoms with Gasteiger partial charge in [0.25, 0.3) is 0 Å². The maximum absolute atomic E-state index is 11.0. The smallest absolute Gasteiger partial charge is 0.338 e. The van der Waals surface area contributed by atoms with Crippen molar-refractivity contribution in [3.63, 3.8) is 0 Å². The second kappa shape index (κ2) is 10.9. The molecule has 7 heteroatoms. The van der Waals surface area contributed by atoms with E-state index in [1.54, 1.807) is 22.2 Å². The zero-order valence-electron chi connectivity index (χ0n) is 20.7. The average molecular weight is 489 g/mol. The van der Waals surface area contributed by atoms with Crippen molar-refractivity contribution < 1.29 is 9.90 Å². The number of nitrogens with zero attached hydrogens (tertiary/aromatic N) is 3. The predicted molar refractivity (Wildman–Crippen MR) is 145 cm³/mol. The van der Waals surface area contributed by atoms with Gasteiger partial charge in [-0.3, -0.25) is 4.68 Å². The number of rotatable bonds is 8. The summed E-state index contributed by atoms with van der Waals surface area (Å²) in [6.07, 6.45) is 2.94. The van der Waals surface area contributed by atoms with Crippen LogP contribution in [0.4, 0.5) is 0 Å². The molecule has 0 fully saturated rings. The molecule has 0 bridgehead atoms. The highest BCUT2D eigenvalue weighted by molar-refractivity contribution is 7.13. The number of aromatic nitrogens is 3. The van der Waals surface area contributed by atoms with Crippen molar-refractivity contribution in [1.82, 2.24) is 19.7 Å². The lowest BCUT2D eigenvalue weighted by molar-refractivity contribution is 0.0696.